The SMILES string of the molecule is CCCC(=O)c1ccn(Cc2ccc(C#N)cc2)c1. The lowest BCUT2D eigenvalue weighted by atomic mass is 10.1. The van der Waals surface area contributed by atoms with E-state index in [9.17, 15) is 4.79 Å². The third-order valence-electron chi connectivity index (χ3n) is 3.00. The maximum absolute atomic E-state index is 11.7. The molecule has 0 bridgehead atoms. The Morgan fingerprint density at radius 3 is 2.63 bits per heavy atom. The molecular formula is C16H16N2O. The van der Waals surface area contributed by atoms with E-state index >= 15 is 0 Å². The fourth-order valence-corrected chi connectivity index (χ4v) is 1.97. The number of rotatable bonds is 5. The number of nitrogens with zero attached hydrogens (tertiary/aromatic N) is 2. The Balaban J connectivity index is 2.07. The van der Waals surface area contributed by atoms with Crippen molar-refractivity contribution in [1.82, 2.24) is 4.57 Å². The lowest BCUT2D eigenvalue weighted by Gasteiger charge is -2.03. The van der Waals surface area contributed by atoms with E-state index < -0.39 is 0 Å². The van der Waals surface area contributed by atoms with Gasteiger partial charge in [-0.1, -0.05) is 19.1 Å². The van der Waals surface area contributed by atoms with Gasteiger partial charge in [0, 0.05) is 30.9 Å². The molecule has 3 heteroatoms. The molecule has 3 nitrogen and oxygen atoms in total. The second-order valence-electron chi connectivity index (χ2n) is 4.55. The van der Waals surface area contributed by atoms with Gasteiger partial charge in [-0.25, -0.2) is 0 Å². The number of hydrogen-bond donors (Lipinski definition) is 0. The van der Waals surface area contributed by atoms with Crippen LogP contribution in [0.4, 0.5) is 0 Å². The maximum Gasteiger partial charge on any atom is 0.164 e. The highest BCUT2D eigenvalue weighted by atomic mass is 16.1. The second-order valence-corrected chi connectivity index (χ2v) is 4.55. The molecule has 0 aliphatic rings. The van der Waals surface area contributed by atoms with Gasteiger partial charge in [0.05, 0.1) is 11.6 Å². The lowest BCUT2D eigenvalue weighted by Crippen LogP contribution is -1.99. The molecule has 2 rings (SSSR count). The first-order chi connectivity index (χ1) is 9.22. The van der Waals surface area contributed by atoms with Gasteiger partial charge in [-0.3, -0.25) is 4.79 Å². The summed E-state index contributed by atoms with van der Waals surface area (Å²) in [5.41, 5.74) is 2.55. The van der Waals surface area contributed by atoms with E-state index in [1.54, 1.807) is 0 Å². The Morgan fingerprint density at radius 2 is 2.00 bits per heavy atom. The molecule has 1 aromatic heterocycles. The molecule has 96 valence electrons. The maximum atomic E-state index is 11.7. The van der Waals surface area contributed by atoms with Gasteiger partial charge in [-0.15, -0.1) is 0 Å². The van der Waals surface area contributed by atoms with Crippen molar-refractivity contribution in [3.8, 4) is 6.07 Å². The molecule has 0 fully saturated rings. The highest BCUT2D eigenvalue weighted by Gasteiger charge is 2.06. The van der Waals surface area contributed by atoms with E-state index in [1.807, 2.05) is 54.2 Å². The van der Waals surface area contributed by atoms with Gasteiger partial charge in [0.1, 0.15) is 0 Å². The first-order valence-corrected chi connectivity index (χ1v) is 6.41. The van der Waals surface area contributed by atoms with Gasteiger partial charge in [-0.05, 0) is 30.2 Å². The Morgan fingerprint density at radius 1 is 1.26 bits per heavy atom. The number of carbonyl (C=O) groups excluding carboxylic acids is 1. The molecule has 19 heavy (non-hydrogen) atoms. The van der Waals surface area contributed by atoms with E-state index in [4.69, 9.17) is 5.26 Å². The van der Waals surface area contributed by atoms with Crippen molar-refractivity contribution >= 4 is 5.78 Å². The highest BCUT2D eigenvalue weighted by molar-refractivity contribution is 5.95. The van der Waals surface area contributed by atoms with Gasteiger partial charge in [0.25, 0.3) is 0 Å². The van der Waals surface area contributed by atoms with Gasteiger partial charge in [0.2, 0.25) is 0 Å². The Hall–Kier alpha value is -2.34. The predicted molar refractivity (Wildman–Crippen MR) is 73.9 cm³/mol. The van der Waals surface area contributed by atoms with E-state index in [-0.39, 0.29) is 5.78 Å². The molecule has 0 aliphatic heterocycles. The zero-order valence-electron chi connectivity index (χ0n) is 11.0. The average molecular weight is 252 g/mol. The predicted octanol–water partition coefficient (Wildman–Crippen LogP) is 3.39. The lowest BCUT2D eigenvalue weighted by molar-refractivity contribution is 0.0981. The van der Waals surface area contributed by atoms with Crippen LogP contribution in [0, 0.1) is 11.3 Å². The summed E-state index contributed by atoms with van der Waals surface area (Å²) in [4.78, 5) is 11.7. The summed E-state index contributed by atoms with van der Waals surface area (Å²) in [6.45, 7) is 2.72. The largest absolute Gasteiger partial charge is 0.349 e. The second kappa shape index (κ2) is 6.01. The minimum atomic E-state index is 0.195. The summed E-state index contributed by atoms with van der Waals surface area (Å²) in [6, 6.07) is 11.5. The molecule has 0 aliphatic carbocycles. The van der Waals surface area contributed by atoms with Crippen molar-refractivity contribution in [3.63, 3.8) is 0 Å². The van der Waals surface area contributed by atoms with Gasteiger partial charge < -0.3 is 4.57 Å². The van der Waals surface area contributed by atoms with Crippen LogP contribution in [0.2, 0.25) is 0 Å². The van der Waals surface area contributed by atoms with Crippen LogP contribution in [0.3, 0.4) is 0 Å². The van der Waals surface area contributed by atoms with Crippen LogP contribution in [0.25, 0.3) is 0 Å². The van der Waals surface area contributed by atoms with Gasteiger partial charge >= 0.3 is 0 Å². The first kappa shape index (κ1) is 13.1. The number of ketones is 1. The molecule has 0 unspecified atom stereocenters. The number of carbonyl (C=O) groups is 1. The zero-order chi connectivity index (χ0) is 13.7. The van der Waals surface area contributed by atoms with Crippen LogP contribution in [0.5, 0.6) is 0 Å². The van der Waals surface area contributed by atoms with Crippen molar-refractivity contribution in [3.05, 3.63) is 59.4 Å². The molecule has 0 spiro atoms. The van der Waals surface area contributed by atoms with Crippen LogP contribution < -0.4 is 0 Å². The minimum absolute atomic E-state index is 0.195. The fourth-order valence-electron chi connectivity index (χ4n) is 1.97. The average Bonchev–Trinajstić information content (AvgIpc) is 2.88. The minimum Gasteiger partial charge on any atom is -0.349 e. The summed E-state index contributed by atoms with van der Waals surface area (Å²) >= 11 is 0. The van der Waals surface area contributed by atoms with E-state index in [2.05, 4.69) is 6.07 Å². The molecule has 0 N–H and O–H groups in total. The normalized spacial score (nSPS) is 10.1. The summed E-state index contributed by atoms with van der Waals surface area (Å²) in [5, 5.41) is 8.74. The molecule has 0 saturated heterocycles. The van der Waals surface area contributed by atoms with E-state index in [0.717, 1.165) is 17.5 Å². The molecule has 2 aromatic rings. The number of hydrogen-bond acceptors (Lipinski definition) is 2. The van der Waals surface area contributed by atoms with Crippen LogP contribution in [0.15, 0.2) is 42.7 Å². The highest BCUT2D eigenvalue weighted by Crippen LogP contribution is 2.10. The molecular weight excluding hydrogens is 236 g/mol. The van der Waals surface area contributed by atoms with Crippen molar-refractivity contribution in [2.24, 2.45) is 0 Å². The third kappa shape index (κ3) is 3.32. The van der Waals surface area contributed by atoms with Crippen LogP contribution in [0.1, 0.15) is 41.3 Å². The van der Waals surface area contributed by atoms with E-state index in [0.29, 0.717) is 18.5 Å². The van der Waals surface area contributed by atoms with Crippen molar-refractivity contribution in [1.29, 1.82) is 5.26 Å². The topological polar surface area (TPSA) is 45.8 Å². The number of Topliss-reactive ketones (excluding diaryl/α,β-unsaturated/α-hetero) is 1. The van der Waals surface area contributed by atoms with Gasteiger partial charge in [0.15, 0.2) is 5.78 Å². The number of benzene rings is 1. The summed E-state index contributed by atoms with van der Waals surface area (Å²) in [7, 11) is 0. The first-order valence-electron chi connectivity index (χ1n) is 6.41. The molecule has 0 amide bonds. The van der Waals surface area contributed by atoms with Crippen LogP contribution in [-0.4, -0.2) is 10.4 Å². The zero-order valence-corrected chi connectivity index (χ0v) is 11.0. The fraction of sp³-hybridized carbons (Fsp3) is 0.250. The number of aromatic nitrogens is 1. The standard InChI is InChI=1S/C16H16N2O/c1-2-3-16(19)15-8-9-18(12-15)11-14-6-4-13(10-17)5-7-14/h4-9,12H,2-3,11H2,1H3. The Kier molecular flexibility index (Phi) is 4.15. The van der Waals surface area contributed by atoms with Crippen LogP contribution in [-0.2, 0) is 6.54 Å². The van der Waals surface area contributed by atoms with Crippen molar-refractivity contribution in [2.75, 3.05) is 0 Å². The Labute approximate surface area is 113 Å². The van der Waals surface area contributed by atoms with Crippen molar-refractivity contribution < 1.29 is 4.79 Å². The van der Waals surface area contributed by atoms with Crippen molar-refractivity contribution in [2.45, 2.75) is 26.3 Å². The molecule has 1 aromatic carbocycles. The summed E-state index contributed by atoms with van der Waals surface area (Å²) < 4.78 is 1.99. The quantitative estimate of drug-likeness (QED) is 0.766. The summed E-state index contributed by atoms with van der Waals surface area (Å²) in [6.07, 6.45) is 5.28. The smallest absolute Gasteiger partial charge is 0.164 e. The van der Waals surface area contributed by atoms with E-state index in [1.165, 1.54) is 0 Å². The molecule has 1 heterocycles. The Bertz CT molecular complexity index is 602. The molecule has 0 radical (unpaired) electrons. The monoisotopic (exact) mass is 252 g/mol. The molecule has 0 atom stereocenters. The molecule has 0 saturated carbocycles. The summed E-state index contributed by atoms with van der Waals surface area (Å²) in [5.74, 6) is 0.195. The van der Waals surface area contributed by atoms with Crippen LogP contribution >= 0.6 is 0 Å². The third-order valence-corrected chi connectivity index (χ3v) is 3.00. The number of nitriles is 1. The van der Waals surface area contributed by atoms with Gasteiger partial charge in [-0.2, -0.15) is 5.26 Å².